The smallest absolute Gasteiger partial charge is 0.322 e. The highest BCUT2D eigenvalue weighted by Gasteiger charge is 2.53. The van der Waals surface area contributed by atoms with Crippen molar-refractivity contribution in [2.45, 2.75) is 32.2 Å². The average molecular weight is 366 g/mol. The number of piperidine rings is 1. The van der Waals surface area contributed by atoms with E-state index in [1.807, 2.05) is 19.9 Å². The van der Waals surface area contributed by atoms with Gasteiger partial charge in [-0.25, -0.2) is 9.78 Å². The lowest BCUT2D eigenvalue weighted by Gasteiger charge is -2.41. The fourth-order valence-corrected chi connectivity index (χ4v) is 4.14. The molecule has 0 unspecified atom stereocenters. The van der Waals surface area contributed by atoms with E-state index in [-0.39, 0.29) is 11.8 Å². The van der Waals surface area contributed by atoms with Crippen LogP contribution in [0.15, 0.2) is 30.7 Å². The quantitative estimate of drug-likeness (QED) is 0.798. The molecule has 2 aromatic rings. The predicted octanol–water partition coefficient (Wildman–Crippen LogP) is 1.44. The van der Waals surface area contributed by atoms with Crippen LogP contribution in [-0.2, 0) is 10.3 Å². The maximum absolute atomic E-state index is 12.8. The van der Waals surface area contributed by atoms with Crippen molar-refractivity contribution in [2.75, 3.05) is 18.0 Å². The Kier molecular flexibility index (Phi) is 4.25. The second-order valence-electron chi connectivity index (χ2n) is 7.14. The summed E-state index contributed by atoms with van der Waals surface area (Å²) in [5.41, 5.74) is 1.43. The maximum Gasteiger partial charge on any atom is 0.322 e. The van der Waals surface area contributed by atoms with Gasteiger partial charge >= 0.3 is 6.03 Å². The number of aromatic nitrogens is 3. The summed E-state index contributed by atoms with van der Waals surface area (Å²) in [6.45, 7) is 5.37. The van der Waals surface area contributed by atoms with Gasteiger partial charge < -0.3 is 10.2 Å². The van der Waals surface area contributed by atoms with Gasteiger partial charge in [0.2, 0.25) is 0 Å². The summed E-state index contributed by atoms with van der Waals surface area (Å²) in [5.74, 6) is 0.566. The minimum absolute atomic E-state index is 0.0255. The zero-order chi connectivity index (χ0) is 19.0. The fourth-order valence-electron chi connectivity index (χ4n) is 4.14. The van der Waals surface area contributed by atoms with Gasteiger partial charge in [0.05, 0.1) is 11.4 Å². The second-order valence-corrected chi connectivity index (χ2v) is 7.14. The van der Waals surface area contributed by atoms with Crippen molar-refractivity contribution in [1.82, 2.24) is 25.6 Å². The van der Waals surface area contributed by atoms with Gasteiger partial charge in [0.1, 0.15) is 5.82 Å². The van der Waals surface area contributed by atoms with Crippen molar-refractivity contribution in [1.29, 1.82) is 0 Å². The molecular weight excluding hydrogens is 344 g/mol. The van der Waals surface area contributed by atoms with Gasteiger partial charge in [-0.2, -0.15) is 0 Å². The van der Waals surface area contributed by atoms with Crippen molar-refractivity contribution in [2.24, 2.45) is 5.92 Å². The Morgan fingerprint density at radius 3 is 2.59 bits per heavy atom. The molecule has 0 spiro atoms. The van der Waals surface area contributed by atoms with E-state index < -0.39 is 11.6 Å². The number of urea groups is 1. The lowest BCUT2D eigenvalue weighted by molar-refractivity contribution is -0.126. The van der Waals surface area contributed by atoms with E-state index in [0.29, 0.717) is 0 Å². The molecule has 1 atom stereocenters. The summed E-state index contributed by atoms with van der Waals surface area (Å²) in [7, 11) is 0. The van der Waals surface area contributed by atoms with Crippen molar-refractivity contribution >= 4 is 17.8 Å². The van der Waals surface area contributed by atoms with Crippen molar-refractivity contribution in [3.8, 4) is 0 Å². The van der Waals surface area contributed by atoms with Crippen LogP contribution in [-0.4, -0.2) is 40.0 Å². The van der Waals surface area contributed by atoms with Gasteiger partial charge in [0, 0.05) is 37.2 Å². The minimum Gasteiger partial charge on any atom is -0.355 e. The number of amides is 3. The molecule has 2 fully saturated rings. The predicted molar refractivity (Wildman–Crippen MR) is 99.0 cm³/mol. The molecule has 0 aromatic carbocycles. The van der Waals surface area contributed by atoms with Crippen LogP contribution in [0.1, 0.15) is 29.8 Å². The highest BCUT2D eigenvalue weighted by molar-refractivity contribution is 6.07. The van der Waals surface area contributed by atoms with Crippen LogP contribution >= 0.6 is 0 Å². The number of hydrogen-bond acceptors (Lipinski definition) is 6. The summed E-state index contributed by atoms with van der Waals surface area (Å²) in [6, 6.07) is 3.18. The molecule has 2 aromatic heterocycles. The molecule has 0 aliphatic carbocycles. The highest BCUT2D eigenvalue weighted by atomic mass is 16.2. The van der Waals surface area contributed by atoms with Crippen LogP contribution in [0, 0.1) is 19.8 Å². The van der Waals surface area contributed by atoms with E-state index in [2.05, 4.69) is 30.5 Å². The van der Waals surface area contributed by atoms with E-state index in [0.717, 1.165) is 48.7 Å². The molecule has 4 rings (SSSR count). The first-order valence-electron chi connectivity index (χ1n) is 9.10. The monoisotopic (exact) mass is 366 g/mol. The zero-order valence-corrected chi connectivity index (χ0v) is 15.4. The highest BCUT2D eigenvalue weighted by Crippen LogP contribution is 2.39. The lowest BCUT2D eigenvalue weighted by atomic mass is 9.73. The van der Waals surface area contributed by atoms with Gasteiger partial charge in [-0.1, -0.05) is 6.07 Å². The number of pyridine rings is 1. The van der Waals surface area contributed by atoms with E-state index in [1.165, 1.54) is 0 Å². The van der Waals surface area contributed by atoms with Crippen LogP contribution in [0.25, 0.3) is 0 Å². The van der Waals surface area contributed by atoms with Crippen LogP contribution in [0.5, 0.6) is 0 Å². The van der Waals surface area contributed by atoms with E-state index >= 15 is 0 Å². The summed E-state index contributed by atoms with van der Waals surface area (Å²) in [6.07, 6.45) is 6.58. The van der Waals surface area contributed by atoms with Crippen LogP contribution in [0.2, 0.25) is 0 Å². The third-order valence-corrected chi connectivity index (χ3v) is 5.47. The first-order valence-corrected chi connectivity index (χ1v) is 9.10. The van der Waals surface area contributed by atoms with Crippen molar-refractivity contribution in [3.05, 3.63) is 47.7 Å². The molecule has 2 aliphatic rings. The molecule has 0 saturated carbocycles. The second kappa shape index (κ2) is 6.61. The van der Waals surface area contributed by atoms with Crippen molar-refractivity contribution < 1.29 is 9.59 Å². The Balaban J connectivity index is 1.61. The van der Waals surface area contributed by atoms with Gasteiger partial charge in [-0.15, -0.1) is 0 Å². The zero-order valence-electron chi connectivity index (χ0n) is 15.4. The summed E-state index contributed by atoms with van der Waals surface area (Å²) in [4.78, 5) is 40.1. The van der Waals surface area contributed by atoms with Gasteiger partial charge in [-0.05, 0) is 38.7 Å². The number of imide groups is 1. The number of carbonyl (C=O) groups excluding carboxylic acids is 2. The third kappa shape index (κ3) is 2.90. The van der Waals surface area contributed by atoms with Gasteiger partial charge in [0.25, 0.3) is 5.91 Å². The summed E-state index contributed by atoms with van der Waals surface area (Å²) >= 11 is 0. The molecule has 4 heterocycles. The van der Waals surface area contributed by atoms with Crippen LogP contribution in [0.4, 0.5) is 10.6 Å². The molecule has 27 heavy (non-hydrogen) atoms. The number of carbonyl (C=O) groups is 2. The molecule has 3 amide bonds. The molecule has 2 N–H and O–H groups in total. The van der Waals surface area contributed by atoms with E-state index in [9.17, 15) is 9.59 Å². The Labute approximate surface area is 157 Å². The number of rotatable bonds is 3. The maximum atomic E-state index is 12.8. The van der Waals surface area contributed by atoms with Gasteiger partial charge in [-0.3, -0.25) is 20.1 Å². The van der Waals surface area contributed by atoms with E-state index in [1.54, 1.807) is 24.7 Å². The first kappa shape index (κ1) is 17.4. The third-order valence-electron chi connectivity index (χ3n) is 5.47. The molecule has 140 valence electrons. The molecule has 0 radical (unpaired) electrons. The molecule has 2 saturated heterocycles. The number of nitrogens with zero attached hydrogens (tertiary/aromatic N) is 4. The van der Waals surface area contributed by atoms with E-state index in [4.69, 9.17) is 0 Å². The van der Waals surface area contributed by atoms with Crippen molar-refractivity contribution in [3.63, 3.8) is 0 Å². The SMILES string of the molecule is Cc1cnc(C)c(N2CCC([C@]3(c4cccnc4)NC(=O)NC3=O)CC2)n1. The summed E-state index contributed by atoms with van der Waals surface area (Å²) in [5, 5.41) is 5.30. The molecule has 8 nitrogen and oxygen atoms in total. The topological polar surface area (TPSA) is 100 Å². The van der Waals surface area contributed by atoms with Crippen LogP contribution in [0.3, 0.4) is 0 Å². The van der Waals surface area contributed by atoms with Gasteiger partial charge in [0.15, 0.2) is 5.54 Å². The first-order chi connectivity index (χ1) is 13.0. The summed E-state index contributed by atoms with van der Waals surface area (Å²) < 4.78 is 0. The molecule has 0 bridgehead atoms. The Hall–Kier alpha value is -3.03. The van der Waals surface area contributed by atoms with Crippen LogP contribution < -0.4 is 15.5 Å². The Bertz CT molecular complexity index is 879. The number of hydrogen-bond donors (Lipinski definition) is 2. The fraction of sp³-hybridized carbons (Fsp3) is 0.421. The molecular formula is C19H22N6O2. The lowest BCUT2D eigenvalue weighted by Crippen LogP contribution is -2.53. The number of aryl methyl sites for hydroxylation is 2. The normalized spacial score (nSPS) is 23.3. The molecule has 8 heteroatoms. The number of anilines is 1. The average Bonchev–Trinajstić information content (AvgIpc) is 2.99. The Morgan fingerprint density at radius 1 is 1.19 bits per heavy atom. The minimum atomic E-state index is -1.06. The largest absolute Gasteiger partial charge is 0.355 e. The number of nitrogens with one attached hydrogen (secondary N) is 2. The standard InChI is InChI=1S/C19H22N6O2/c1-12-10-21-13(2)16(22-12)25-8-5-14(6-9-25)19(15-4-3-7-20-11-15)17(26)23-18(27)24-19/h3-4,7,10-11,14H,5-6,8-9H2,1-2H3,(H2,23,24,26,27)/t19-/m1/s1. The molecule has 2 aliphatic heterocycles. The Morgan fingerprint density at radius 2 is 1.96 bits per heavy atom.